The highest BCUT2D eigenvalue weighted by molar-refractivity contribution is 7.99. The number of para-hydroxylation sites is 2. The summed E-state index contributed by atoms with van der Waals surface area (Å²) in [7, 11) is 0. The molecular formula is C23H25ClN4O3S. The molecule has 1 amide bonds. The second-order valence-electron chi connectivity index (χ2n) is 6.76. The molecule has 0 aliphatic carbocycles. The molecule has 0 bridgehead atoms. The van der Waals surface area contributed by atoms with E-state index in [9.17, 15) is 4.79 Å². The number of benzene rings is 2. The van der Waals surface area contributed by atoms with E-state index in [0.29, 0.717) is 46.3 Å². The van der Waals surface area contributed by atoms with E-state index in [1.807, 2.05) is 54.8 Å². The van der Waals surface area contributed by atoms with Crippen molar-refractivity contribution in [3.63, 3.8) is 0 Å². The highest BCUT2D eigenvalue weighted by Crippen LogP contribution is 2.25. The number of nitrogens with zero attached hydrogens (tertiary/aromatic N) is 3. The first kappa shape index (κ1) is 23.7. The van der Waals surface area contributed by atoms with Crippen LogP contribution in [0.15, 0.2) is 60.3 Å². The largest absolute Gasteiger partial charge is 0.492 e. The average molecular weight is 473 g/mol. The van der Waals surface area contributed by atoms with Gasteiger partial charge in [0, 0.05) is 11.6 Å². The minimum atomic E-state index is -0.162. The minimum Gasteiger partial charge on any atom is -0.492 e. The van der Waals surface area contributed by atoms with E-state index in [1.165, 1.54) is 11.8 Å². The Bertz CT molecular complexity index is 1090. The molecule has 1 heterocycles. The van der Waals surface area contributed by atoms with Gasteiger partial charge in [-0.3, -0.25) is 9.36 Å². The van der Waals surface area contributed by atoms with Crippen LogP contribution < -0.4 is 14.8 Å². The van der Waals surface area contributed by atoms with Gasteiger partial charge in [0.2, 0.25) is 5.91 Å². The van der Waals surface area contributed by atoms with Gasteiger partial charge in [-0.1, -0.05) is 41.6 Å². The fourth-order valence-corrected chi connectivity index (χ4v) is 3.75. The molecule has 0 fully saturated rings. The van der Waals surface area contributed by atoms with E-state index in [2.05, 4.69) is 22.1 Å². The van der Waals surface area contributed by atoms with Crippen molar-refractivity contribution in [2.75, 3.05) is 17.7 Å². The number of carbonyl (C=O) groups excluding carboxylic acids is 1. The number of amides is 1. The van der Waals surface area contributed by atoms with Crippen LogP contribution in [0.4, 0.5) is 5.69 Å². The predicted molar refractivity (Wildman–Crippen MR) is 128 cm³/mol. The van der Waals surface area contributed by atoms with Crippen molar-refractivity contribution in [3.8, 4) is 11.5 Å². The lowest BCUT2D eigenvalue weighted by Crippen LogP contribution is -2.15. The van der Waals surface area contributed by atoms with E-state index >= 15 is 0 Å². The van der Waals surface area contributed by atoms with Gasteiger partial charge in [0.25, 0.3) is 0 Å². The maximum absolute atomic E-state index is 12.5. The Hall–Kier alpha value is -2.97. The van der Waals surface area contributed by atoms with Crippen LogP contribution >= 0.6 is 23.4 Å². The van der Waals surface area contributed by atoms with Crippen molar-refractivity contribution in [3.05, 3.63) is 71.5 Å². The molecule has 32 heavy (non-hydrogen) atoms. The third-order valence-electron chi connectivity index (χ3n) is 4.40. The zero-order valence-electron chi connectivity index (χ0n) is 18.0. The van der Waals surface area contributed by atoms with E-state index in [1.54, 1.807) is 12.1 Å². The normalized spacial score (nSPS) is 10.6. The van der Waals surface area contributed by atoms with Gasteiger partial charge in [0.05, 0.1) is 18.0 Å². The standard InChI is InChI=1S/C23H25ClN4O3S/c1-4-12-28-21(14-31-17-10-11-18(24)16(3)13-17)26-27-23(28)32-15-22(29)25-19-8-6-7-9-20(19)30-5-2/h4,6-11,13H,1,5,12,14-15H2,2-3H3,(H,25,29). The number of nitrogens with one attached hydrogen (secondary N) is 1. The second kappa shape index (κ2) is 11.6. The molecule has 0 unspecified atom stereocenters. The van der Waals surface area contributed by atoms with E-state index < -0.39 is 0 Å². The van der Waals surface area contributed by atoms with Gasteiger partial charge < -0.3 is 14.8 Å². The van der Waals surface area contributed by atoms with Gasteiger partial charge in [-0.25, -0.2) is 0 Å². The van der Waals surface area contributed by atoms with Crippen LogP contribution in [0.1, 0.15) is 18.3 Å². The number of carbonyl (C=O) groups is 1. The van der Waals surface area contributed by atoms with Crippen molar-refractivity contribution in [1.29, 1.82) is 0 Å². The summed E-state index contributed by atoms with van der Waals surface area (Å²) in [5.41, 5.74) is 1.57. The number of thioether (sulfide) groups is 1. The van der Waals surface area contributed by atoms with E-state index in [4.69, 9.17) is 21.1 Å². The van der Waals surface area contributed by atoms with Crippen LogP contribution in [-0.2, 0) is 17.9 Å². The number of hydrogen-bond donors (Lipinski definition) is 1. The van der Waals surface area contributed by atoms with Crippen molar-refractivity contribution in [1.82, 2.24) is 14.8 Å². The van der Waals surface area contributed by atoms with Gasteiger partial charge >= 0.3 is 0 Å². The van der Waals surface area contributed by atoms with Crippen LogP contribution in [0.5, 0.6) is 11.5 Å². The summed E-state index contributed by atoms with van der Waals surface area (Å²) in [6, 6.07) is 12.8. The average Bonchev–Trinajstić information content (AvgIpc) is 3.16. The molecule has 0 aliphatic rings. The maximum atomic E-state index is 12.5. The fraction of sp³-hybridized carbons (Fsp3) is 0.261. The van der Waals surface area contributed by atoms with Gasteiger partial charge in [-0.2, -0.15) is 0 Å². The first-order valence-electron chi connectivity index (χ1n) is 10.1. The lowest BCUT2D eigenvalue weighted by molar-refractivity contribution is -0.113. The van der Waals surface area contributed by atoms with Crippen molar-refractivity contribution in [2.24, 2.45) is 0 Å². The van der Waals surface area contributed by atoms with Crippen molar-refractivity contribution in [2.45, 2.75) is 32.2 Å². The monoisotopic (exact) mass is 472 g/mol. The molecule has 168 valence electrons. The highest BCUT2D eigenvalue weighted by Gasteiger charge is 2.15. The predicted octanol–water partition coefficient (Wildman–Crippen LogP) is 5.13. The molecule has 0 atom stereocenters. The summed E-state index contributed by atoms with van der Waals surface area (Å²) in [5, 5.41) is 12.6. The number of anilines is 1. The fourth-order valence-electron chi connectivity index (χ4n) is 2.87. The van der Waals surface area contributed by atoms with Crippen molar-refractivity contribution < 1.29 is 14.3 Å². The Morgan fingerprint density at radius 3 is 2.81 bits per heavy atom. The van der Waals surface area contributed by atoms with Crippen LogP contribution in [0.25, 0.3) is 0 Å². The Labute approximate surface area is 196 Å². The van der Waals surface area contributed by atoms with Gasteiger partial charge in [-0.05, 0) is 49.7 Å². The molecule has 7 nitrogen and oxygen atoms in total. The molecule has 3 rings (SSSR count). The molecule has 1 N–H and O–H groups in total. The molecule has 0 saturated heterocycles. The van der Waals surface area contributed by atoms with Crippen LogP contribution in [0.2, 0.25) is 5.02 Å². The lowest BCUT2D eigenvalue weighted by Gasteiger charge is -2.11. The van der Waals surface area contributed by atoms with Crippen LogP contribution in [-0.4, -0.2) is 33.0 Å². The highest BCUT2D eigenvalue weighted by atomic mass is 35.5. The number of halogens is 1. The third-order valence-corrected chi connectivity index (χ3v) is 5.79. The summed E-state index contributed by atoms with van der Waals surface area (Å²) < 4.78 is 13.3. The molecule has 0 spiro atoms. The molecule has 0 aliphatic heterocycles. The number of hydrogen-bond acceptors (Lipinski definition) is 6. The zero-order valence-corrected chi connectivity index (χ0v) is 19.6. The van der Waals surface area contributed by atoms with E-state index in [0.717, 1.165) is 5.56 Å². The first-order chi connectivity index (χ1) is 15.5. The second-order valence-corrected chi connectivity index (χ2v) is 8.11. The summed E-state index contributed by atoms with van der Waals surface area (Å²) in [5.74, 6) is 1.99. The number of rotatable bonds is 11. The summed E-state index contributed by atoms with van der Waals surface area (Å²) in [6.45, 7) is 8.87. The molecule has 2 aromatic carbocycles. The van der Waals surface area contributed by atoms with Crippen LogP contribution in [0.3, 0.4) is 0 Å². The minimum absolute atomic E-state index is 0.162. The molecule has 0 radical (unpaired) electrons. The Kier molecular flexibility index (Phi) is 8.58. The quantitative estimate of drug-likeness (QED) is 0.307. The van der Waals surface area contributed by atoms with Gasteiger partial charge in [0.15, 0.2) is 11.0 Å². The SMILES string of the molecule is C=CCn1c(COc2ccc(Cl)c(C)c2)nnc1SCC(=O)Nc1ccccc1OCC. The molecule has 1 aromatic heterocycles. The smallest absolute Gasteiger partial charge is 0.234 e. The zero-order chi connectivity index (χ0) is 22.9. The number of ether oxygens (including phenoxy) is 2. The van der Waals surface area contributed by atoms with Gasteiger partial charge in [0.1, 0.15) is 18.1 Å². The molecular weight excluding hydrogens is 448 g/mol. The molecule has 3 aromatic rings. The Balaban J connectivity index is 1.63. The number of aryl methyl sites for hydroxylation is 1. The Morgan fingerprint density at radius 1 is 1.25 bits per heavy atom. The first-order valence-corrected chi connectivity index (χ1v) is 11.4. The van der Waals surface area contributed by atoms with Crippen LogP contribution in [0, 0.1) is 6.92 Å². The number of aromatic nitrogens is 3. The summed E-state index contributed by atoms with van der Waals surface area (Å²) in [6.07, 6.45) is 1.75. The maximum Gasteiger partial charge on any atom is 0.234 e. The number of allylic oxidation sites excluding steroid dienone is 1. The van der Waals surface area contributed by atoms with Crippen molar-refractivity contribution >= 4 is 35.0 Å². The van der Waals surface area contributed by atoms with Gasteiger partial charge in [-0.15, -0.1) is 16.8 Å². The topological polar surface area (TPSA) is 78.3 Å². The molecule has 9 heteroatoms. The molecule has 0 saturated carbocycles. The third kappa shape index (κ3) is 6.27. The summed E-state index contributed by atoms with van der Waals surface area (Å²) >= 11 is 7.36. The summed E-state index contributed by atoms with van der Waals surface area (Å²) in [4.78, 5) is 12.5. The van der Waals surface area contributed by atoms with E-state index in [-0.39, 0.29) is 18.3 Å². The lowest BCUT2D eigenvalue weighted by atomic mass is 10.2. The Morgan fingerprint density at radius 2 is 2.06 bits per heavy atom.